The van der Waals surface area contributed by atoms with Crippen molar-refractivity contribution in [3.8, 4) is 78.9 Å². The molecule has 0 saturated carbocycles. The highest BCUT2D eigenvalue weighted by atomic mass is 15.2. The van der Waals surface area contributed by atoms with Gasteiger partial charge in [0.25, 0.3) is 0 Å². The van der Waals surface area contributed by atoms with Gasteiger partial charge in [-0.2, -0.15) is 9.97 Å². The summed E-state index contributed by atoms with van der Waals surface area (Å²) < 4.78 is 4.73. The Labute approximate surface area is 393 Å². The first-order valence-electron chi connectivity index (χ1n) is 23.0. The molecule has 0 aliphatic carbocycles. The summed E-state index contributed by atoms with van der Waals surface area (Å²) in [4.78, 5) is 16.3. The summed E-state index contributed by atoms with van der Waals surface area (Å²) in [6.45, 7) is 0. The van der Waals surface area contributed by atoms with Gasteiger partial charge in [-0.3, -0.25) is 4.57 Å². The van der Waals surface area contributed by atoms with Gasteiger partial charge in [0.1, 0.15) is 0 Å². The molecule has 0 N–H and O–H groups in total. The summed E-state index contributed by atoms with van der Waals surface area (Å²) in [5.74, 6) is 1.73. The highest BCUT2D eigenvalue weighted by Gasteiger charge is 2.24. The second kappa shape index (κ2) is 16.4. The van der Waals surface area contributed by atoms with Gasteiger partial charge in [0.05, 0.1) is 27.8 Å². The summed E-state index contributed by atoms with van der Waals surface area (Å²) >= 11 is 0. The molecule has 3 aromatic heterocycles. The Morgan fingerprint density at radius 3 is 1.21 bits per heavy atom. The van der Waals surface area contributed by atoms with Crippen LogP contribution >= 0.6 is 0 Å². The molecule has 3 heterocycles. The Hall–Kier alpha value is -9.19. The van der Waals surface area contributed by atoms with Crippen LogP contribution in [0.4, 0.5) is 0 Å². The zero-order chi connectivity index (χ0) is 45.0. The average Bonchev–Trinajstić information content (AvgIpc) is 3.95. The molecule has 0 saturated heterocycles. The fourth-order valence-electron chi connectivity index (χ4n) is 10.0. The molecule has 0 aliphatic heterocycles. The van der Waals surface area contributed by atoms with E-state index in [0.717, 1.165) is 88.4 Å². The topological polar surface area (TPSA) is 48.5 Å². The molecule has 13 aromatic rings. The lowest BCUT2D eigenvalue weighted by Gasteiger charge is -2.16. The second-order valence-corrected chi connectivity index (χ2v) is 17.2. The Morgan fingerprint density at radius 1 is 0.250 bits per heavy atom. The normalized spacial score (nSPS) is 11.5. The third kappa shape index (κ3) is 6.68. The van der Waals surface area contributed by atoms with E-state index in [1.807, 2.05) is 12.1 Å². The van der Waals surface area contributed by atoms with Crippen LogP contribution in [0.15, 0.2) is 249 Å². The van der Waals surface area contributed by atoms with Gasteiger partial charge in [-0.05, 0) is 69.3 Å². The number of hydrogen-bond acceptors (Lipinski definition) is 3. The van der Waals surface area contributed by atoms with Crippen LogP contribution in [0.3, 0.4) is 0 Å². The zero-order valence-electron chi connectivity index (χ0n) is 36.9. The van der Waals surface area contributed by atoms with Crippen LogP contribution in [0, 0.1) is 0 Å². The first-order chi connectivity index (χ1) is 33.7. The van der Waals surface area contributed by atoms with Crippen LogP contribution in [-0.2, 0) is 0 Å². The smallest absolute Gasteiger partial charge is 0.238 e. The lowest BCUT2D eigenvalue weighted by Crippen LogP contribution is -2.07. The molecule has 68 heavy (non-hydrogen) atoms. The van der Waals surface area contributed by atoms with Crippen LogP contribution < -0.4 is 0 Å². The minimum absolute atomic E-state index is 0.542. The Balaban J connectivity index is 1.09. The molecule has 0 amide bonds. The van der Waals surface area contributed by atoms with Crippen molar-refractivity contribution < 1.29 is 0 Å². The number of nitrogens with zero attached hydrogens (tertiary/aromatic N) is 5. The van der Waals surface area contributed by atoms with E-state index >= 15 is 0 Å². The van der Waals surface area contributed by atoms with Crippen LogP contribution in [0.1, 0.15) is 0 Å². The molecule has 0 fully saturated rings. The van der Waals surface area contributed by atoms with Gasteiger partial charge in [-0.15, -0.1) is 0 Å². The van der Waals surface area contributed by atoms with Gasteiger partial charge >= 0.3 is 0 Å². The van der Waals surface area contributed by atoms with Crippen molar-refractivity contribution in [3.05, 3.63) is 249 Å². The third-order valence-corrected chi connectivity index (χ3v) is 13.2. The van der Waals surface area contributed by atoms with E-state index < -0.39 is 0 Å². The van der Waals surface area contributed by atoms with Gasteiger partial charge in [-0.25, -0.2) is 4.98 Å². The maximum atomic E-state index is 5.48. The molecule has 5 nitrogen and oxygen atoms in total. The lowest BCUT2D eigenvalue weighted by atomic mass is 9.99. The van der Waals surface area contributed by atoms with Crippen LogP contribution in [0.5, 0.6) is 0 Å². The molecule has 318 valence electrons. The predicted molar refractivity (Wildman–Crippen MR) is 281 cm³/mol. The first-order valence-corrected chi connectivity index (χ1v) is 23.0. The van der Waals surface area contributed by atoms with Crippen molar-refractivity contribution in [2.45, 2.75) is 0 Å². The molecular formula is C63H41N5. The molecule has 0 atom stereocenters. The molecule has 0 unspecified atom stereocenters. The number of fused-ring (bicyclic) bond motifs is 7. The van der Waals surface area contributed by atoms with E-state index in [0.29, 0.717) is 17.6 Å². The summed E-state index contributed by atoms with van der Waals surface area (Å²) in [6.07, 6.45) is 0. The highest BCUT2D eigenvalue weighted by molar-refractivity contribution is 6.24. The highest BCUT2D eigenvalue weighted by Crippen LogP contribution is 2.43. The van der Waals surface area contributed by atoms with E-state index in [4.69, 9.17) is 15.0 Å². The SMILES string of the molecule is c1ccc(-c2ccc(-c3ccccc3-n3c4ccccc4c4ccc5c6ccccc6n(-c6nc(-c7cccc(-c8ccccc8)c7)nc(-c7cccc(-c8ccccc8)c7)n6)c5c43)cc2)cc1. The largest absolute Gasteiger partial charge is 0.307 e. The van der Waals surface area contributed by atoms with Gasteiger partial charge in [0, 0.05) is 38.2 Å². The van der Waals surface area contributed by atoms with Gasteiger partial charge < -0.3 is 4.57 Å². The lowest BCUT2D eigenvalue weighted by molar-refractivity contribution is 0.953. The van der Waals surface area contributed by atoms with Crippen LogP contribution in [-0.4, -0.2) is 24.1 Å². The molecule has 13 rings (SSSR count). The van der Waals surface area contributed by atoms with E-state index in [-0.39, 0.29) is 0 Å². The monoisotopic (exact) mass is 867 g/mol. The van der Waals surface area contributed by atoms with E-state index in [9.17, 15) is 0 Å². The maximum Gasteiger partial charge on any atom is 0.238 e. The Kier molecular flexibility index (Phi) is 9.43. The number of benzene rings is 10. The van der Waals surface area contributed by atoms with Crippen LogP contribution in [0.25, 0.3) is 123 Å². The molecule has 0 radical (unpaired) electrons. The van der Waals surface area contributed by atoms with Crippen molar-refractivity contribution in [1.29, 1.82) is 0 Å². The van der Waals surface area contributed by atoms with Crippen LogP contribution in [0.2, 0.25) is 0 Å². The van der Waals surface area contributed by atoms with Crippen molar-refractivity contribution >= 4 is 43.6 Å². The minimum Gasteiger partial charge on any atom is -0.307 e. The summed E-state index contributed by atoms with van der Waals surface area (Å²) in [7, 11) is 0. The molecule has 10 aromatic carbocycles. The van der Waals surface area contributed by atoms with Crippen molar-refractivity contribution in [1.82, 2.24) is 24.1 Å². The summed E-state index contributed by atoms with van der Waals surface area (Å²) in [6, 6.07) is 88.2. The number of para-hydroxylation sites is 3. The van der Waals surface area contributed by atoms with Gasteiger partial charge in [-0.1, -0.05) is 218 Å². The molecule has 5 heteroatoms. The average molecular weight is 868 g/mol. The molecule has 0 bridgehead atoms. The van der Waals surface area contributed by atoms with E-state index in [1.54, 1.807) is 0 Å². The minimum atomic E-state index is 0.542. The Morgan fingerprint density at radius 2 is 0.647 bits per heavy atom. The van der Waals surface area contributed by atoms with Crippen molar-refractivity contribution in [2.24, 2.45) is 0 Å². The quantitative estimate of drug-likeness (QED) is 0.153. The Bertz CT molecular complexity index is 3900. The third-order valence-electron chi connectivity index (χ3n) is 13.2. The van der Waals surface area contributed by atoms with Gasteiger partial charge in [0.15, 0.2) is 11.6 Å². The standard InChI is InChI=1S/C63H41N5/c1-4-18-42(19-5-1)45-34-36-46(37-35-45)51-28-10-13-31-56(51)67-57-32-14-11-29-52(57)54-38-39-55-53-30-12-15-33-58(53)68(60(55)59(54)67)63-65-61(49-26-16-24-47(40-49)43-20-6-2-7-21-43)64-62(66-63)50-27-17-25-48(41-50)44-22-8-3-9-23-44/h1-41H. The summed E-state index contributed by atoms with van der Waals surface area (Å²) in [5.41, 5.74) is 16.2. The van der Waals surface area contributed by atoms with Crippen molar-refractivity contribution in [3.63, 3.8) is 0 Å². The molecular weight excluding hydrogens is 827 g/mol. The number of rotatable bonds is 8. The molecule has 0 aliphatic rings. The summed E-state index contributed by atoms with van der Waals surface area (Å²) in [5, 5.41) is 4.55. The zero-order valence-corrected chi connectivity index (χ0v) is 36.9. The van der Waals surface area contributed by atoms with Crippen molar-refractivity contribution in [2.75, 3.05) is 0 Å². The number of aromatic nitrogens is 5. The first kappa shape index (κ1) is 39.2. The fourth-order valence-corrected chi connectivity index (χ4v) is 10.0. The van der Waals surface area contributed by atoms with Gasteiger partial charge in [0.2, 0.25) is 5.95 Å². The van der Waals surface area contributed by atoms with E-state index in [1.165, 1.54) is 16.5 Å². The maximum absolute atomic E-state index is 5.48. The van der Waals surface area contributed by atoms with E-state index in [2.05, 4.69) is 246 Å². The predicted octanol–water partition coefficient (Wildman–Crippen LogP) is 16.1. The second-order valence-electron chi connectivity index (χ2n) is 17.2. The number of hydrogen-bond donors (Lipinski definition) is 0. The fraction of sp³-hybridized carbons (Fsp3) is 0. The molecule has 0 spiro atoms.